The molecule has 2 aliphatic carbocycles. The van der Waals surface area contributed by atoms with Crippen molar-refractivity contribution in [2.24, 2.45) is 0 Å². The second-order valence-corrected chi connectivity index (χ2v) is 6.02. The lowest BCUT2D eigenvalue weighted by molar-refractivity contribution is 0.719. The molecule has 2 bridgehead atoms. The maximum absolute atomic E-state index is 4.80. The molecule has 2 unspecified atom stereocenters. The summed E-state index contributed by atoms with van der Waals surface area (Å²) in [6.07, 6.45) is 6.28. The first kappa shape index (κ1) is 9.96. The van der Waals surface area contributed by atoms with E-state index in [2.05, 4.69) is 42.6 Å². The molecule has 1 aromatic heterocycles. The molecule has 0 radical (unpaired) electrons. The van der Waals surface area contributed by atoms with Gasteiger partial charge in [0.2, 0.25) is 0 Å². The Bertz CT molecular complexity index is 818. The molecular formula is C18H15N. The highest BCUT2D eigenvalue weighted by atomic mass is 14.7. The number of hydrogen-bond acceptors (Lipinski definition) is 1. The van der Waals surface area contributed by atoms with E-state index in [1.54, 1.807) is 11.1 Å². The molecule has 0 spiro atoms. The number of nitrogens with zero attached hydrogens (tertiary/aromatic N) is 1. The first-order valence-electron chi connectivity index (χ1n) is 7.22. The van der Waals surface area contributed by atoms with Crippen LogP contribution in [-0.4, -0.2) is 4.98 Å². The normalized spacial score (nSPS) is 24.2. The van der Waals surface area contributed by atoms with Crippen LogP contribution in [0.4, 0.5) is 0 Å². The molecule has 92 valence electrons. The van der Waals surface area contributed by atoms with Crippen molar-refractivity contribution in [1.29, 1.82) is 0 Å². The highest BCUT2D eigenvalue weighted by molar-refractivity contribution is 6.06. The Morgan fingerprint density at radius 3 is 2.79 bits per heavy atom. The van der Waals surface area contributed by atoms with Gasteiger partial charge in [0.1, 0.15) is 0 Å². The Balaban J connectivity index is 1.96. The van der Waals surface area contributed by atoms with Crippen LogP contribution in [0.2, 0.25) is 0 Å². The number of rotatable bonds is 0. The van der Waals surface area contributed by atoms with Crippen LogP contribution in [0, 0.1) is 0 Å². The maximum atomic E-state index is 4.80. The molecule has 0 aliphatic heterocycles. The SMILES string of the molecule is c1ccc2c(c1)ccc1c3c(cnc12)C1CCC3C1. The van der Waals surface area contributed by atoms with E-state index in [0.29, 0.717) is 0 Å². The standard InChI is InChI=1S/C18H15N/c1-2-4-14-11(3-1)7-8-15-17-13-6-5-12(9-13)16(17)10-19-18(14)15/h1-4,7-8,10,12-13H,5-6,9H2. The Labute approximate surface area is 112 Å². The van der Waals surface area contributed by atoms with Gasteiger partial charge in [-0.25, -0.2) is 0 Å². The van der Waals surface area contributed by atoms with Crippen LogP contribution in [0.15, 0.2) is 42.6 Å². The Hall–Kier alpha value is -1.89. The molecule has 0 amide bonds. The fourth-order valence-corrected chi connectivity index (χ4v) is 4.28. The molecule has 0 N–H and O–H groups in total. The lowest BCUT2D eigenvalue weighted by Gasteiger charge is -2.17. The molecule has 19 heavy (non-hydrogen) atoms. The van der Waals surface area contributed by atoms with Crippen LogP contribution in [0.3, 0.4) is 0 Å². The minimum atomic E-state index is 0.795. The van der Waals surface area contributed by atoms with Crippen molar-refractivity contribution in [3.63, 3.8) is 0 Å². The number of aromatic nitrogens is 1. The molecule has 2 aliphatic rings. The van der Waals surface area contributed by atoms with Gasteiger partial charge in [0.05, 0.1) is 5.52 Å². The predicted molar refractivity (Wildman–Crippen MR) is 78.6 cm³/mol. The van der Waals surface area contributed by atoms with Gasteiger partial charge in [-0.1, -0.05) is 36.4 Å². The summed E-state index contributed by atoms with van der Waals surface area (Å²) in [7, 11) is 0. The smallest absolute Gasteiger partial charge is 0.0783 e. The van der Waals surface area contributed by atoms with Crippen LogP contribution in [0.5, 0.6) is 0 Å². The molecule has 1 fully saturated rings. The molecule has 3 aromatic rings. The molecule has 1 heteroatoms. The minimum Gasteiger partial charge on any atom is -0.255 e. The van der Waals surface area contributed by atoms with E-state index < -0.39 is 0 Å². The molecule has 2 aromatic carbocycles. The van der Waals surface area contributed by atoms with E-state index in [0.717, 1.165) is 11.8 Å². The summed E-state index contributed by atoms with van der Waals surface area (Å²) in [5.41, 5.74) is 4.36. The summed E-state index contributed by atoms with van der Waals surface area (Å²) in [4.78, 5) is 4.80. The first-order chi connectivity index (χ1) is 9.42. The monoisotopic (exact) mass is 245 g/mol. The number of fused-ring (bicyclic) bond motifs is 9. The summed E-state index contributed by atoms with van der Waals surface area (Å²) in [6, 6.07) is 13.1. The third kappa shape index (κ3) is 1.18. The highest BCUT2D eigenvalue weighted by Gasteiger charge is 2.38. The first-order valence-corrected chi connectivity index (χ1v) is 7.22. The summed E-state index contributed by atoms with van der Waals surface area (Å²) in [6.45, 7) is 0. The number of hydrogen-bond donors (Lipinski definition) is 0. The summed E-state index contributed by atoms with van der Waals surface area (Å²) < 4.78 is 0. The van der Waals surface area contributed by atoms with Crippen LogP contribution in [-0.2, 0) is 0 Å². The number of benzene rings is 2. The molecule has 1 saturated carbocycles. The largest absolute Gasteiger partial charge is 0.255 e. The Kier molecular flexibility index (Phi) is 1.76. The van der Waals surface area contributed by atoms with E-state index in [4.69, 9.17) is 4.98 Å². The van der Waals surface area contributed by atoms with Gasteiger partial charge in [0, 0.05) is 17.0 Å². The van der Waals surface area contributed by atoms with Crippen molar-refractivity contribution in [2.75, 3.05) is 0 Å². The van der Waals surface area contributed by atoms with Gasteiger partial charge in [-0.2, -0.15) is 0 Å². The van der Waals surface area contributed by atoms with E-state index in [1.165, 1.54) is 40.9 Å². The molecule has 5 rings (SSSR count). The zero-order valence-electron chi connectivity index (χ0n) is 10.8. The van der Waals surface area contributed by atoms with Crippen molar-refractivity contribution in [2.45, 2.75) is 31.1 Å². The molecule has 2 atom stereocenters. The Morgan fingerprint density at radius 1 is 0.895 bits per heavy atom. The van der Waals surface area contributed by atoms with Gasteiger partial charge in [0.15, 0.2) is 0 Å². The molecule has 1 heterocycles. The van der Waals surface area contributed by atoms with E-state index >= 15 is 0 Å². The predicted octanol–water partition coefficient (Wildman–Crippen LogP) is 4.75. The zero-order valence-corrected chi connectivity index (χ0v) is 10.8. The van der Waals surface area contributed by atoms with Gasteiger partial charge < -0.3 is 0 Å². The van der Waals surface area contributed by atoms with Crippen molar-refractivity contribution >= 4 is 21.7 Å². The van der Waals surface area contributed by atoms with Crippen molar-refractivity contribution in [3.05, 3.63) is 53.7 Å². The second-order valence-electron chi connectivity index (χ2n) is 6.02. The maximum Gasteiger partial charge on any atom is 0.0783 e. The van der Waals surface area contributed by atoms with E-state index in [9.17, 15) is 0 Å². The van der Waals surface area contributed by atoms with Gasteiger partial charge in [-0.3, -0.25) is 4.98 Å². The van der Waals surface area contributed by atoms with E-state index in [1.807, 2.05) is 0 Å². The summed E-state index contributed by atoms with van der Waals surface area (Å²) in [5, 5.41) is 4.00. The lowest BCUT2D eigenvalue weighted by atomic mass is 9.89. The van der Waals surface area contributed by atoms with E-state index in [-0.39, 0.29) is 0 Å². The highest BCUT2D eigenvalue weighted by Crippen LogP contribution is 2.54. The van der Waals surface area contributed by atoms with Crippen molar-refractivity contribution in [1.82, 2.24) is 4.98 Å². The van der Waals surface area contributed by atoms with Crippen molar-refractivity contribution < 1.29 is 0 Å². The van der Waals surface area contributed by atoms with Gasteiger partial charge in [-0.15, -0.1) is 0 Å². The van der Waals surface area contributed by atoms with Crippen LogP contribution < -0.4 is 0 Å². The van der Waals surface area contributed by atoms with Crippen LogP contribution >= 0.6 is 0 Å². The molecule has 1 nitrogen and oxygen atoms in total. The second kappa shape index (κ2) is 3.36. The molecular weight excluding hydrogens is 230 g/mol. The van der Waals surface area contributed by atoms with Gasteiger partial charge >= 0.3 is 0 Å². The zero-order chi connectivity index (χ0) is 12.4. The lowest BCUT2D eigenvalue weighted by Crippen LogP contribution is -2.00. The van der Waals surface area contributed by atoms with Crippen LogP contribution in [0.1, 0.15) is 42.2 Å². The van der Waals surface area contributed by atoms with Gasteiger partial charge in [0.25, 0.3) is 0 Å². The minimum absolute atomic E-state index is 0.795. The Morgan fingerprint density at radius 2 is 1.79 bits per heavy atom. The average molecular weight is 245 g/mol. The third-order valence-corrected chi connectivity index (χ3v) is 5.12. The topological polar surface area (TPSA) is 12.9 Å². The van der Waals surface area contributed by atoms with Crippen molar-refractivity contribution in [3.8, 4) is 0 Å². The third-order valence-electron chi connectivity index (χ3n) is 5.12. The fourth-order valence-electron chi connectivity index (χ4n) is 4.28. The summed E-state index contributed by atoms with van der Waals surface area (Å²) in [5.74, 6) is 1.59. The quantitative estimate of drug-likeness (QED) is 0.521. The average Bonchev–Trinajstić information content (AvgIpc) is 3.08. The molecule has 0 saturated heterocycles. The summed E-state index contributed by atoms with van der Waals surface area (Å²) >= 11 is 0. The van der Waals surface area contributed by atoms with Crippen LogP contribution in [0.25, 0.3) is 21.7 Å². The van der Waals surface area contributed by atoms with Gasteiger partial charge in [-0.05, 0) is 47.6 Å². The fraction of sp³-hybridized carbons (Fsp3) is 0.278. The number of pyridine rings is 1.